The minimum absolute atomic E-state index is 0. The molecule has 27 heavy (non-hydrogen) atoms. The Balaban J connectivity index is 0.00000261. The molecule has 2 aromatic rings. The molecule has 5 heteroatoms. The van der Waals surface area contributed by atoms with Crippen LogP contribution in [0.3, 0.4) is 0 Å². The molecular weight excluding hydrogens is 362 g/mol. The van der Waals surface area contributed by atoms with Crippen LogP contribution in [-0.4, -0.2) is 43.7 Å². The van der Waals surface area contributed by atoms with Gasteiger partial charge >= 0.3 is 5.97 Å². The zero-order chi connectivity index (χ0) is 18.4. The maximum atomic E-state index is 13.5. The summed E-state index contributed by atoms with van der Waals surface area (Å²) in [5.41, 5.74) is 0.345. The third-order valence-corrected chi connectivity index (χ3v) is 4.86. The molecule has 0 bridgehead atoms. The molecular formula is C22H28ClNO3. The highest BCUT2D eigenvalue weighted by Crippen LogP contribution is 2.36. The molecule has 1 aliphatic rings. The first-order valence-electron chi connectivity index (χ1n) is 9.31. The number of likely N-dealkylation sites (tertiary alicyclic amines) is 1. The highest BCUT2D eigenvalue weighted by molar-refractivity contribution is 5.86. The Kier molecular flexibility index (Phi) is 7.84. The summed E-state index contributed by atoms with van der Waals surface area (Å²) < 4.78 is 12.1. The van der Waals surface area contributed by atoms with Crippen molar-refractivity contribution in [3.63, 3.8) is 0 Å². The summed E-state index contributed by atoms with van der Waals surface area (Å²) in [6, 6.07) is 19.3. The Hall–Kier alpha value is -1.88. The van der Waals surface area contributed by atoms with Crippen molar-refractivity contribution < 1.29 is 14.3 Å². The average molecular weight is 390 g/mol. The van der Waals surface area contributed by atoms with Gasteiger partial charge in [0.2, 0.25) is 5.60 Å². The number of likely N-dealkylation sites (N-methyl/N-ethyl adjacent to an activating group) is 1. The maximum absolute atomic E-state index is 13.5. The van der Waals surface area contributed by atoms with Crippen LogP contribution in [-0.2, 0) is 19.9 Å². The largest absolute Gasteiger partial charge is 0.458 e. The molecule has 1 heterocycles. The molecule has 1 aliphatic heterocycles. The van der Waals surface area contributed by atoms with E-state index < -0.39 is 5.60 Å². The van der Waals surface area contributed by atoms with Crippen LogP contribution < -0.4 is 0 Å². The van der Waals surface area contributed by atoms with Crippen LogP contribution in [0.25, 0.3) is 0 Å². The lowest BCUT2D eigenvalue weighted by Gasteiger charge is -2.36. The first-order valence-corrected chi connectivity index (χ1v) is 9.31. The normalized spacial score (nSPS) is 17.8. The molecule has 4 nitrogen and oxygen atoms in total. The number of hydrogen-bond acceptors (Lipinski definition) is 4. The summed E-state index contributed by atoms with van der Waals surface area (Å²) in [6.07, 6.45) is 1.82. The van der Waals surface area contributed by atoms with E-state index in [2.05, 4.69) is 11.9 Å². The van der Waals surface area contributed by atoms with Crippen molar-refractivity contribution in [2.75, 3.05) is 26.7 Å². The zero-order valence-corrected chi connectivity index (χ0v) is 16.8. The van der Waals surface area contributed by atoms with Crippen LogP contribution in [0.5, 0.6) is 0 Å². The Morgan fingerprint density at radius 3 is 2.11 bits per heavy atom. The lowest BCUT2D eigenvalue weighted by atomic mass is 9.85. The van der Waals surface area contributed by atoms with Gasteiger partial charge in [-0.2, -0.15) is 0 Å². The quantitative estimate of drug-likeness (QED) is 0.699. The molecule has 0 aliphatic carbocycles. The summed E-state index contributed by atoms with van der Waals surface area (Å²) in [5.74, 6) is -0.336. The first kappa shape index (κ1) is 21.4. The SMILES string of the molecule is CCOC(C(=O)OC1CCCN(C)C1)(c1ccccc1)c1ccccc1.Cl. The first-order chi connectivity index (χ1) is 12.7. The number of hydrogen-bond donors (Lipinski definition) is 0. The van der Waals surface area contributed by atoms with Crippen molar-refractivity contribution in [2.45, 2.75) is 31.5 Å². The van der Waals surface area contributed by atoms with Crippen molar-refractivity contribution >= 4 is 18.4 Å². The maximum Gasteiger partial charge on any atom is 0.348 e. The molecule has 146 valence electrons. The van der Waals surface area contributed by atoms with Gasteiger partial charge in [0.25, 0.3) is 0 Å². The number of nitrogens with zero attached hydrogens (tertiary/aromatic N) is 1. The molecule has 1 saturated heterocycles. The van der Waals surface area contributed by atoms with Crippen molar-refractivity contribution in [3.8, 4) is 0 Å². The van der Waals surface area contributed by atoms with Crippen LogP contribution >= 0.6 is 12.4 Å². The summed E-state index contributed by atoms with van der Waals surface area (Å²) in [4.78, 5) is 15.7. The topological polar surface area (TPSA) is 38.8 Å². The van der Waals surface area contributed by atoms with Gasteiger partial charge in [0.15, 0.2) is 0 Å². The molecule has 1 unspecified atom stereocenters. The van der Waals surface area contributed by atoms with Crippen molar-refractivity contribution in [1.29, 1.82) is 0 Å². The number of ether oxygens (including phenoxy) is 2. The van der Waals surface area contributed by atoms with Gasteiger partial charge in [0.1, 0.15) is 6.10 Å². The highest BCUT2D eigenvalue weighted by Gasteiger charge is 2.45. The molecule has 0 amide bonds. The minimum Gasteiger partial charge on any atom is -0.458 e. The van der Waals surface area contributed by atoms with Gasteiger partial charge in [-0.25, -0.2) is 4.79 Å². The third-order valence-electron chi connectivity index (χ3n) is 4.86. The second-order valence-corrected chi connectivity index (χ2v) is 6.78. The molecule has 0 spiro atoms. The van der Waals surface area contributed by atoms with Crippen LogP contribution in [0.1, 0.15) is 30.9 Å². The lowest BCUT2D eigenvalue weighted by molar-refractivity contribution is -0.176. The number of rotatable bonds is 6. The number of piperidine rings is 1. The van der Waals surface area contributed by atoms with E-state index in [-0.39, 0.29) is 24.5 Å². The number of benzene rings is 2. The van der Waals surface area contributed by atoms with Gasteiger partial charge in [-0.15, -0.1) is 12.4 Å². The standard InChI is InChI=1S/C22H27NO3.ClH/c1-3-25-22(18-11-6-4-7-12-18,19-13-8-5-9-14-19)21(24)26-20-15-10-16-23(2)17-20;/h4-9,11-14,20H,3,10,15-17H2,1-2H3;1H. The fraction of sp³-hybridized carbons (Fsp3) is 0.409. The number of esters is 1. The number of halogens is 1. The Morgan fingerprint density at radius 1 is 1.07 bits per heavy atom. The molecule has 0 saturated carbocycles. The summed E-state index contributed by atoms with van der Waals surface area (Å²) in [7, 11) is 2.06. The molecule has 1 atom stereocenters. The van der Waals surface area contributed by atoms with E-state index in [1.165, 1.54) is 0 Å². The summed E-state index contributed by atoms with van der Waals surface area (Å²) in [5, 5.41) is 0. The van der Waals surface area contributed by atoms with Crippen LogP contribution in [0.2, 0.25) is 0 Å². The lowest BCUT2D eigenvalue weighted by Crippen LogP contribution is -2.46. The zero-order valence-electron chi connectivity index (χ0n) is 16.0. The van der Waals surface area contributed by atoms with E-state index in [9.17, 15) is 4.79 Å². The van der Waals surface area contributed by atoms with E-state index in [0.29, 0.717) is 6.61 Å². The van der Waals surface area contributed by atoms with Crippen LogP contribution in [0.15, 0.2) is 60.7 Å². The van der Waals surface area contributed by atoms with Gasteiger partial charge in [0.05, 0.1) is 0 Å². The van der Waals surface area contributed by atoms with Gasteiger partial charge in [-0.3, -0.25) is 0 Å². The highest BCUT2D eigenvalue weighted by atomic mass is 35.5. The number of carbonyl (C=O) groups excluding carboxylic acids is 1. The van der Waals surface area contributed by atoms with Gasteiger partial charge < -0.3 is 14.4 Å². The second kappa shape index (κ2) is 9.88. The predicted octanol–water partition coefficient (Wildman–Crippen LogP) is 4.03. The van der Waals surface area contributed by atoms with Crippen molar-refractivity contribution in [2.24, 2.45) is 0 Å². The van der Waals surface area contributed by atoms with E-state index in [1.54, 1.807) is 0 Å². The fourth-order valence-electron chi connectivity index (χ4n) is 3.64. The minimum atomic E-state index is -1.24. The molecule has 1 fully saturated rings. The van der Waals surface area contributed by atoms with Crippen LogP contribution in [0, 0.1) is 0 Å². The average Bonchev–Trinajstić information content (AvgIpc) is 2.67. The van der Waals surface area contributed by atoms with Crippen LogP contribution in [0.4, 0.5) is 0 Å². The predicted molar refractivity (Wildman–Crippen MR) is 109 cm³/mol. The van der Waals surface area contributed by atoms with Gasteiger partial charge in [-0.1, -0.05) is 60.7 Å². The summed E-state index contributed by atoms with van der Waals surface area (Å²) >= 11 is 0. The van der Waals surface area contributed by atoms with Crippen molar-refractivity contribution in [3.05, 3.63) is 71.8 Å². The smallest absolute Gasteiger partial charge is 0.348 e. The molecule has 0 radical (unpaired) electrons. The van der Waals surface area contributed by atoms with E-state index in [1.807, 2.05) is 67.6 Å². The Bertz CT molecular complexity index is 669. The van der Waals surface area contributed by atoms with E-state index >= 15 is 0 Å². The Labute approximate surface area is 167 Å². The number of carbonyl (C=O) groups is 1. The second-order valence-electron chi connectivity index (χ2n) is 6.78. The molecule has 3 rings (SSSR count). The van der Waals surface area contributed by atoms with Gasteiger partial charge in [0, 0.05) is 13.2 Å². The molecule has 0 N–H and O–H groups in total. The summed E-state index contributed by atoms with van der Waals surface area (Å²) in [6.45, 7) is 4.12. The Morgan fingerprint density at radius 2 is 1.63 bits per heavy atom. The third kappa shape index (κ3) is 4.70. The fourth-order valence-corrected chi connectivity index (χ4v) is 3.64. The van der Waals surface area contributed by atoms with E-state index in [0.717, 1.165) is 37.1 Å². The molecule has 0 aromatic heterocycles. The van der Waals surface area contributed by atoms with Crippen molar-refractivity contribution in [1.82, 2.24) is 4.90 Å². The van der Waals surface area contributed by atoms with E-state index in [4.69, 9.17) is 9.47 Å². The monoisotopic (exact) mass is 389 g/mol. The van der Waals surface area contributed by atoms with Gasteiger partial charge in [-0.05, 0) is 44.5 Å². The molecule has 2 aromatic carbocycles.